The lowest BCUT2D eigenvalue weighted by atomic mass is 10.1. The van der Waals surface area contributed by atoms with Gasteiger partial charge in [-0.15, -0.1) is 0 Å². The molecule has 4 rings (SSSR count). The van der Waals surface area contributed by atoms with Crippen molar-refractivity contribution < 1.29 is 23.6 Å². The van der Waals surface area contributed by atoms with Crippen LogP contribution >= 0.6 is 34.8 Å². The largest absolute Gasteiger partial charge is 0.452 e. The van der Waals surface area contributed by atoms with Crippen molar-refractivity contribution in [1.29, 1.82) is 0 Å². The number of esters is 1. The first-order chi connectivity index (χ1) is 14.4. The van der Waals surface area contributed by atoms with Gasteiger partial charge in [-0.05, 0) is 35.9 Å². The van der Waals surface area contributed by atoms with Gasteiger partial charge in [-0.1, -0.05) is 46.0 Å². The number of carbonyl (C=O) groups excluding carboxylic acids is 2. The average molecular weight is 465 g/mol. The fourth-order valence-corrected chi connectivity index (χ4v) is 3.26. The molecule has 2 aromatic carbocycles. The summed E-state index contributed by atoms with van der Waals surface area (Å²) in [5.41, 5.74) is 1.04. The number of nitrogens with zero attached hydrogens (tertiary/aromatic N) is 1. The predicted octanol–water partition coefficient (Wildman–Crippen LogP) is 5.79. The Labute approximate surface area is 185 Å². The second kappa shape index (κ2) is 8.52. The van der Waals surface area contributed by atoms with Crippen LogP contribution in [0.25, 0.3) is 6.08 Å². The number of carbonyl (C=O) groups is 2. The van der Waals surface area contributed by atoms with E-state index in [1.165, 1.54) is 18.2 Å². The molecule has 0 saturated heterocycles. The van der Waals surface area contributed by atoms with E-state index in [0.717, 1.165) is 0 Å². The number of Topliss-reactive ketones (excluding diaryl/α,β-unsaturated/α-hetero) is 1. The number of aromatic nitrogens is 1. The summed E-state index contributed by atoms with van der Waals surface area (Å²) in [4.78, 5) is 24.6. The molecule has 30 heavy (non-hydrogen) atoms. The SMILES string of the molecule is O=C(CCc1cc(Cl)no1)Oc1ccc2c(c1)O/C(=C\c1ccc(Cl)c(Cl)c1)C2=O. The minimum atomic E-state index is -0.474. The molecule has 0 radical (unpaired) electrons. The minimum Gasteiger partial charge on any atom is -0.452 e. The third-order valence-corrected chi connectivity index (χ3v) is 5.14. The van der Waals surface area contributed by atoms with Gasteiger partial charge in [0.2, 0.25) is 5.78 Å². The summed E-state index contributed by atoms with van der Waals surface area (Å²) < 4.78 is 15.9. The highest BCUT2D eigenvalue weighted by atomic mass is 35.5. The van der Waals surface area contributed by atoms with Crippen molar-refractivity contribution in [2.75, 3.05) is 0 Å². The van der Waals surface area contributed by atoms with Crippen molar-refractivity contribution in [1.82, 2.24) is 5.16 Å². The van der Waals surface area contributed by atoms with E-state index >= 15 is 0 Å². The Hall–Kier alpha value is -2.80. The van der Waals surface area contributed by atoms with Crippen LogP contribution < -0.4 is 9.47 Å². The lowest BCUT2D eigenvalue weighted by Crippen LogP contribution is -2.08. The molecule has 0 aliphatic carbocycles. The number of halogens is 3. The number of fused-ring (bicyclic) bond motifs is 1. The van der Waals surface area contributed by atoms with Crippen molar-refractivity contribution in [3.05, 3.63) is 80.3 Å². The summed E-state index contributed by atoms with van der Waals surface area (Å²) in [5.74, 6) is 0.428. The topological polar surface area (TPSA) is 78.6 Å². The fourth-order valence-electron chi connectivity index (χ4n) is 2.80. The predicted molar refractivity (Wildman–Crippen MR) is 111 cm³/mol. The molecule has 0 fully saturated rings. The van der Waals surface area contributed by atoms with Crippen LogP contribution in [0.2, 0.25) is 15.2 Å². The van der Waals surface area contributed by atoms with Gasteiger partial charge in [-0.2, -0.15) is 0 Å². The molecule has 1 aromatic heterocycles. The summed E-state index contributed by atoms with van der Waals surface area (Å²) in [5, 5.41) is 4.55. The van der Waals surface area contributed by atoms with Crippen molar-refractivity contribution in [3.8, 4) is 11.5 Å². The van der Waals surface area contributed by atoms with E-state index in [2.05, 4.69) is 5.16 Å². The average Bonchev–Trinajstić information content (AvgIpc) is 3.26. The Balaban J connectivity index is 1.44. The second-order valence-electron chi connectivity index (χ2n) is 6.36. The van der Waals surface area contributed by atoms with Gasteiger partial charge >= 0.3 is 5.97 Å². The quantitative estimate of drug-likeness (QED) is 0.270. The number of ketones is 1. The zero-order valence-corrected chi connectivity index (χ0v) is 17.4. The lowest BCUT2D eigenvalue weighted by molar-refractivity contribution is -0.134. The summed E-state index contributed by atoms with van der Waals surface area (Å²) in [7, 11) is 0. The standard InChI is InChI=1S/C21H12Cl3NO5/c22-15-5-1-11(7-16(15)23)8-18-21(27)14-4-2-12(9-17(14)29-18)28-20(26)6-3-13-10-19(24)25-30-13/h1-2,4-5,7-10H,3,6H2/b18-8-. The van der Waals surface area contributed by atoms with Crippen LogP contribution in [0.4, 0.5) is 0 Å². The molecule has 1 aliphatic rings. The molecule has 0 saturated carbocycles. The first-order valence-electron chi connectivity index (χ1n) is 8.74. The first-order valence-corrected chi connectivity index (χ1v) is 9.87. The van der Waals surface area contributed by atoms with Gasteiger partial charge in [0.1, 0.15) is 17.3 Å². The maximum absolute atomic E-state index is 12.6. The maximum atomic E-state index is 12.6. The van der Waals surface area contributed by atoms with Crippen LogP contribution in [0, 0.1) is 0 Å². The van der Waals surface area contributed by atoms with Crippen LogP contribution in [-0.2, 0) is 11.2 Å². The monoisotopic (exact) mass is 463 g/mol. The normalized spacial score (nSPS) is 14.0. The lowest BCUT2D eigenvalue weighted by Gasteiger charge is -2.05. The summed E-state index contributed by atoms with van der Waals surface area (Å²) in [6, 6.07) is 11.1. The van der Waals surface area contributed by atoms with Crippen molar-refractivity contribution in [2.24, 2.45) is 0 Å². The van der Waals surface area contributed by atoms with E-state index < -0.39 is 5.97 Å². The Morgan fingerprint density at radius 3 is 2.63 bits per heavy atom. The molecule has 152 valence electrons. The van der Waals surface area contributed by atoms with Crippen LogP contribution in [0.15, 0.2) is 52.7 Å². The van der Waals surface area contributed by atoms with E-state index in [9.17, 15) is 9.59 Å². The number of benzene rings is 2. The molecular weight excluding hydrogens is 453 g/mol. The molecule has 0 spiro atoms. The number of allylic oxidation sites excluding steroid dienone is 1. The molecule has 0 unspecified atom stereocenters. The highest BCUT2D eigenvalue weighted by Gasteiger charge is 2.28. The first kappa shape index (κ1) is 20.5. The number of hydrogen-bond donors (Lipinski definition) is 0. The molecule has 2 heterocycles. The third-order valence-electron chi connectivity index (χ3n) is 4.22. The Bertz CT molecular complexity index is 1190. The van der Waals surface area contributed by atoms with E-state index in [0.29, 0.717) is 39.1 Å². The maximum Gasteiger partial charge on any atom is 0.311 e. The van der Waals surface area contributed by atoms with Crippen LogP contribution in [0.5, 0.6) is 11.5 Å². The number of hydrogen-bond acceptors (Lipinski definition) is 6. The van der Waals surface area contributed by atoms with Crippen LogP contribution in [-0.4, -0.2) is 16.9 Å². The van der Waals surface area contributed by atoms with Gasteiger partial charge in [0.25, 0.3) is 0 Å². The van der Waals surface area contributed by atoms with E-state index in [1.807, 2.05) is 0 Å². The molecule has 6 nitrogen and oxygen atoms in total. The van der Waals surface area contributed by atoms with Crippen LogP contribution in [0.1, 0.15) is 28.1 Å². The van der Waals surface area contributed by atoms with Gasteiger partial charge in [-0.25, -0.2) is 0 Å². The van der Waals surface area contributed by atoms with Crippen molar-refractivity contribution in [3.63, 3.8) is 0 Å². The minimum absolute atomic E-state index is 0.0743. The van der Waals surface area contributed by atoms with Crippen LogP contribution in [0.3, 0.4) is 0 Å². The zero-order valence-electron chi connectivity index (χ0n) is 15.2. The molecule has 1 aliphatic heterocycles. The van der Waals surface area contributed by atoms with E-state index in [1.54, 1.807) is 30.3 Å². The molecule has 3 aromatic rings. The van der Waals surface area contributed by atoms with Gasteiger partial charge < -0.3 is 14.0 Å². The van der Waals surface area contributed by atoms with Gasteiger partial charge in [0, 0.05) is 18.6 Å². The number of ether oxygens (including phenoxy) is 2. The molecular formula is C21H12Cl3NO5. The summed E-state index contributed by atoms with van der Waals surface area (Å²) in [6.07, 6.45) is 1.94. The zero-order chi connectivity index (χ0) is 21.3. The Kier molecular flexibility index (Phi) is 5.81. The van der Waals surface area contributed by atoms with Gasteiger partial charge in [0.05, 0.1) is 22.0 Å². The van der Waals surface area contributed by atoms with Crippen molar-refractivity contribution in [2.45, 2.75) is 12.8 Å². The highest BCUT2D eigenvalue weighted by Crippen LogP contribution is 2.35. The molecule has 0 bridgehead atoms. The van der Waals surface area contributed by atoms with Gasteiger partial charge in [-0.3, -0.25) is 9.59 Å². The Morgan fingerprint density at radius 1 is 1.07 bits per heavy atom. The highest BCUT2D eigenvalue weighted by molar-refractivity contribution is 6.42. The van der Waals surface area contributed by atoms with E-state index in [-0.39, 0.29) is 28.9 Å². The Morgan fingerprint density at radius 2 is 1.90 bits per heavy atom. The number of rotatable bonds is 5. The smallest absolute Gasteiger partial charge is 0.311 e. The summed E-state index contributed by atoms with van der Waals surface area (Å²) >= 11 is 17.6. The summed E-state index contributed by atoms with van der Waals surface area (Å²) in [6.45, 7) is 0. The molecule has 0 atom stereocenters. The number of aryl methyl sites for hydroxylation is 1. The third kappa shape index (κ3) is 4.51. The molecule has 9 heteroatoms. The second-order valence-corrected chi connectivity index (χ2v) is 7.56. The van der Waals surface area contributed by atoms with Gasteiger partial charge in [0.15, 0.2) is 10.9 Å². The molecule has 0 amide bonds. The molecule has 0 N–H and O–H groups in total. The fraction of sp³-hybridized carbons (Fsp3) is 0.0952. The van der Waals surface area contributed by atoms with Crippen molar-refractivity contribution >= 4 is 52.6 Å². The van der Waals surface area contributed by atoms with E-state index in [4.69, 9.17) is 48.8 Å².